The lowest BCUT2D eigenvalue weighted by Gasteiger charge is -2.40. The number of fused-ring (bicyclic) bond motifs is 2. The monoisotopic (exact) mass is 442 g/mol. The highest BCUT2D eigenvalue weighted by Gasteiger charge is 2.43. The van der Waals surface area contributed by atoms with Gasteiger partial charge < -0.3 is 19.5 Å². The van der Waals surface area contributed by atoms with E-state index in [2.05, 4.69) is 28.1 Å². The molecule has 2 aliphatic rings. The molecule has 1 N–H and O–H groups in total. The van der Waals surface area contributed by atoms with Gasteiger partial charge in [0.15, 0.2) is 0 Å². The molecule has 0 amide bonds. The quantitative estimate of drug-likeness (QED) is 0.684. The van der Waals surface area contributed by atoms with E-state index >= 15 is 0 Å². The van der Waals surface area contributed by atoms with Gasteiger partial charge in [0.05, 0.1) is 19.4 Å². The molecule has 0 bridgehead atoms. The number of aromatic nitrogens is 2. The Kier molecular flexibility index (Phi) is 8.04. The van der Waals surface area contributed by atoms with Crippen molar-refractivity contribution in [1.29, 1.82) is 0 Å². The predicted octanol–water partition coefficient (Wildman–Crippen LogP) is 2.88. The SMILES string of the molecule is COCc1cc(CN2CCCC3(CCc4cnc(N(C)C)nc43)C2)ccc1OC.O=CO. The standard InChI is InChI=1S/C23H32N4O2.CH2O2/c1-26(2)22-24-13-18-8-10-23(21(18)25-22)9-5-11-27(16-23)14-17-6-7-20(29-4)19(12-17)15-28-3;2-1-3/h6-7,12-13H,5,8-11,14-16H2,1-4H3;1H,(H,2,3). The summed E-state index contributed by atoms with van der Waals surface area (Å²) < 4.78 is 10.8. The average Bonchev–Trinajstić information content (AvgIpc) is 3.12. The molecule has 1 aliphatic heterocycles. The summed E-state index contributed by atoms with van der Waals surface area (Å²) in [6.45, 7) is 3.46. The summed E-state index contributed by atoms with van der Waals surface area (Å²) >= 11 is 0. The minimum Gasteiger partial charge on any atom is -0.496 e. The van der Waals surface area contributed by atoms with Gasteiger partial charge in [-0.3, -0.25) is 9.69 Å². The third kappa shape index (κ3) is 5.19. The van der Waals surface area contributed by atoms with E-state index in [0.29, 0.717) is 6.61 Å². The van der Waals surface area contributed by atoms with Crippen molar-refractivity contribution in [1.82, 2.24) is 14.9 Å². The summed E-state index contributed by atoms with van der Waals surface area (Å²) in [5.41, 5.74) is 5.21. The molecule has 8 nitrogen and oxygen atoms in total. The Labute approximate surface area is 190 Å². The van der Waals surface area contributed by atoms with Crippen molar-refractivity contribution in [3.05, 3.63) is 46.8 Å². The van der Waals surface area contributed by atoms with Crippen LogP contribution >= 0.6 is 0 Å². The minimum atomic E-state index is -0.250. The lowest BCUT2D eigenvalue weighted by atomic mass is 9.77. The molecule has 32 heavy (non-hydrogen) atoms. The fourth-order valence-electron chi connectivity index (χ4n) is 4.96. The third-order valence-electron chi connectivity index (χ3n) is 6.33. The summed E-state index contributed by atoms with van der Waals surface area (Å²) in [6.07, 6.45) is 6.75. The maximum absolute atomic E-state index is 8.36. The summed E-state index contributed by atoms with van der Waals surface area (Å²) in [5, 5.41) is 6.89. The topological polar surface area (TPSA) is 88.0 Å². The van der Waals surface area contributed by atoms with Crippen molar-refractivity contribution in [2.24, 2.45) is 0 Å². The average molecular weight is 443 g/mol. The van der Waals surface area contributed by atoms with Crippen LogP contribution in [0.25, 0.3) is 0 Å². The molecule has 1 fully saturated rings. The molecule has 174 valence electrons. The van der Waals surface area contributed by atoms with E-state index < -0.39 is 0 Å². The molecule has 0 saturated carbocycles. The summed E-state index contributed by atoms with van der Waals surface area (Å²) in [7, 11) is 7.46. The van der Waals surface area contributed by atoms with E-state index in [0.717, 1.165) is 43.3 Å². The maximum atomic E-state index is 8.36. The molecule has 2 aromatic rings. The number of hydrogen-bond donors (Lipinski definition) is 1. The molecule has 2 heterocycles. The van der Waals surface area contributed by atoms with E-state index in [1.54, 1.807) is 14.2 Å². The number of aryl methyl sites for hydroxylation is 1. The molecule has 1 aromatic heterocycles. The number of ether oxygens (including phenoxy) is 2. The number of benzene rings is 1. The molecule has 1 atom stereocenters. The Morgan fingerprint density at radius 3 is 2.75 bits per heavy atom. The highest BCUT2D eigenvalue weighted by Crippen LogP contribution is 2.44. The van der Waals surface area contributed by atoms with Crippen LogP contribution in [-0.2, 0) is 34.5 Å². The second-order valence-corrected chi connectivity index (χ2v) is 8.72. The zero-order chi connectivity index (χ0) is 23.1. The Balaban J connectivity index is 0.000000913. The maximum Gasteiger partial charge on any atom is 0.290 e. The number of rotatable bonds is 6. The Bertz CT molecular complexity index is 917. The van der Waals surface area contributed by atoms with Crippen LogP contribution in [0.3, 0.4) is 0 Å². The smallest absolute Gasteiger partial charge is 0.290 e. The molecular formula is C24H34N4O4. The van der Waals surface area contributed by atoms with Gasteiger partial charge in [0.25, 0.3) is 6.47 Å². The largest absolute Gasteiger partial charge is 0.496 e. The highest BCUT2D eigenvalue weighted by molar-refractivity contribution is 5.40. The number of nitrogens with zero attached hydrogens (tertiary/aromatic N) is 4. The molecule has 4 rings (SSSR count). The van der Waals surface area contributed by atoms with Crippen LogP contribution in [0.4, 0.5) is 5.95 Å². The van der Waals surface area contributed by atoms with Gasteiger partial charge in [-0.15, -0.1) is 0 Å². The molecule has 1 spiro atoms. The van der Waals surface area contributed by atoms with E-state index in [1.807, 2.05) is 25.2 Å². The lowest BCUT2D eigenvalue weighted by Crippen LogP contribution is -2.45. The Morgan fingerprint density at radius 1 is 1.28 bits per heavy atom. The van der Waals surface area contributed by atoms with E-state index in [1.165, 1.54) is 36.1 Å². The van der Waals surface area contributed by atoms with Crippen LogP contribution in [0.1, 0.15) is 41.6 Å². The molecule has 1 aromatic carbocycles. The third-order valence-corrected chi connectivity index (χ3v) is 6.33. The molecule has 1 aliphatic carbocycles. The van der Waals surface area contributed by atoms with Gasteiger partial charge in [-0.1, -0.05) is 6.07 Å². The number of carboxylic acid groups (broad SMARTS) is 1. The second kappa shape index (κ2) is 10.7. The van der Waals surface area contributed by atoms with Gasteiger partial charge >= 0.3 is 0 Å². The van der Waals surface area contributed by atoms with Gasteiger partial charge in [-0.2, -0.15) is 0 Å². The normalized spacial score (nSPS) is 19.8. The van der Waals surface area contributed by atoms with Gasteiger partial charge in [-0.25, -0.2) is 9.97 Å². The minimum absolute atomic E-state index is 0.170. The van der Waals surface area contributed by atoms with Crippen molar-refractivity contribution < 1.29 is 19.4 Å². The summed E-state index contributed by atoms with van der Waals surface area (Å²) in [6, 6.07) is 6.46. The van der Waals surface area contributed by atoms with Crippen LogP contribution in [-0.4, -0.2) is 67.9 Å². The van der Waals surface area contributed by atoms with Crippen LogP contribution in [0, 0.1) is 0 Å². The first kappa shape index (κ1) is 23.9. The molecule has 1 saturated heterocycles. The predicted molar refractivity (Wildman–Crippen MR) is 123 cm³/mol. The zero-order valence-corrected chi connectivity index (χ0v) is 19.5. The number of piperidine rings is 1. The summed E-state index contributed by atoms with van der Waals surface area (Å²) in [5.74, 6) is 1.71. The van der Waals surface area contributed by atoms with Crippen molar-refractivity contribution in [3.63, 3.8) is 0 Å². The molecule has 0 radical (unpaired) electrons. The molecular weight excluding hydrogens is 408 g/mol. The van der Waals surface area contributed by atoms with Gasteiger partial charge in [-0.05, 0) is 55.5 Å². The van der Waals surface area contributed by atoms with Crippen LogP contribution < -0.4 is 9.64 Å². The van der Waals surface area contributed by atoms with Crippen molar-refractivity contribution in [3.8, 4) is 5.75 Å². The van der Waals surface area contributed by atoms with E-state index in [4.69, 9.17) is 24.4 Å². The zero-order valence-electron chi connectivity index (χ0n) is 19.5. The number of likely N-dealkylation sites (tertiary alicyclic amines) is 1. The summed E-state index contributed by atoms with van der Waals surface area (Å²) in [4.78, 5) is 22.5. The van der Waals surface area contributed by atoms with Crippen LogP contribution in [0.15, 0.2) is 24.4 Å². The number of anilines is 1. The second-order valence-electron chi connectivity index (χ2n) is 8.72. The first-order valence-corrected chi connectivity index (χ1v) is 10.9. The first-order chi connectivity index (χ1) is 15.5. The van der Waals surface area contributed by atoms with E-state index in [9.17, 15) is 0 Å². The number of hydrogen-bond acceptors (Lipinski definition) is 7. The highest BCUT2D eigenvalue weighted by atomic mass is 16.5. The van der Waals surface area contributed by atoms with Gasteiger partial charge in [0, 0.05) is 51.5 Å². The Morgan fingerprint density at radius 2 is 2.06 bits per heavy atom. The lowest BCUT2D eigenvalue weighted by molar-refractivity contribution is -0.122. The fourth-order valence-corrected chi connectivity index (χ4v) is 4.96. The van der Waals surface area contributed by atoms with Crippen LogP contribution in [0.5, 0.6) is 5.75 Å². The van der Waals surface area contributed by atoms with Crippen molar-refractivity contribution in [2.45, 2.75) is 44.2 Å². The fraction of sp³-hybridized carbons (Fsp3) is 0.542. The van der Waals surface area contributed by atoms with Crippen molar-refractivity contribution >= 4 is 12.4 Å². The van der Waals surface area contributed by atoms with E-state index in [-0.39, 0.29) is 11.9 Å². The number of methoxy groups -OCH3 is 2. The molecule has 1 unspecified atom stereocenters. The van der Waals surface area contributed by atoms with Gasteiger partial charge in [0.2, 0.25) is 5.95 Å². The van der Waals surface area contributed by atoms with Crippen molar-refractivity contribution in [2.75, 3.05) is 46.3 Å². The van der Waals surface area contributed by atoms with Crippen LogP contribution in [0.2, 0.25) is 0 Å². The number of carbonyl (C=O) groups is 1. The molecule has 8 heteroatoms. The Hall–Kier alpha value is -2.71. The van der Waals surface area contributed by atoms with Gasteiger partial charge in [0.1, 0.15) is 5.75 Å². The first-order valence-electron chi connectivity index (χ1n) is 10.9.